The van der Waals surface area contributed by atoms with Crippen LogP contribution in [0.5, 0.6) is 5.75 Å². The second kappa shape index (κ2) is 11.5. The number of nitrogens with one attached hydrogen (secondary N) is 2. The SMILES string of the molecule is C=CC(=O)Nc1cccc(Nc2ccncc2N(N=O)c2ccc(OCc3ccccc3F)c(F)c2)c1. The number of amides is 1. The molecule has 10 heteroatoms. The zero-order valence-corrected chi connectivity index (χ0v) is 19.4. The minimum atomic E-state index is -0.758. The fraction of sp³-hybridized carbons (Fsp3) is 0.0370. The Kier molecular flexibility index (Phi) is 7.79. The number of carbonyl (C=O) groups excluding carboxylic acids is 1. The van der Waals surface area contributed by atoms with E-state index in [4.69, 9.17) is 4.74 Å². The lowest BCUT2D eigenvalue weighted by Gasteiger charge is -2.20. The van der Waals surface area contributed by atoms with Gasteiger partial charge in [-0.15, -0.1) is 4.91 Å². The van der Waals surface area contributed by atoms with Crippen LogP contribution in [0, 0.1) is 16.5 Å². The summed E-state index contributed by atoms with van der Waals surface area (Å²) in [6, 6.07) is 18.4. The van der Waals surface area contributed by atoms with Gasteiger partial charge in [0.1, 0.15) is 18.1 Å². The van der Waals surface area contributed by atoms with Crippen LogP contribution < -0.4 is 20.4 Å². The Labute approximate surface area is 211 Å². The smallest absolute Gasteiger partial charge is 0.247 e. The van der Waals surface area contributed by atoms with Gasteiger partial charge in [-0.3, -0.25) is 9.78 Å². The monoisotopic (exact) mass is 501 g/mol. The highest BCUT2D eigenvalue weighted by Crippen LogP contribution is 2.35. The number of halogens is 2. The molecule has 0 atom stereocenters. The van der Waals surface area contributed by atoms with E-state index >= 15 is 0 Å². The van der Waals surface area contributed by atoms with Gasteiger partial charge in [-0.1, -0.05) is 30.8 Å². The van der Waals surface area contributed by atoms with Crippen LogP contribution in [0.2, 0.25) is 0 Å². The lowest BCUT2D eigenvalue weighted by atomic mass is 10.2. The van der Waals surface area contributed by atoms with Crippen LogP contribution in [0.3, 0.4) is 0 Å². The van der Waals surface area contributed by atoms with Gasteiger partial charge >= 0.3 is 0 Å². The first-order chi connectivity index (χ1) is 18.0. The van der Waals surface area contributed by atoms with Gasteiger partial charge in [0.05, 0.1) is 22.9 Å². The number of anilines is 5. The van der Waals surface area contributed by atoms with Crippen LogP contribution in [-0.4, -0.2) is 10.9 Å². The molecule has 1 amide bonds. The van der Waals surface area contributed by atoms with Crippen LogP contribution in [0.4, 0.5) is 37.2 Å². The molecule has 0 unspecified atom stereocenters. The van der Waals surface area contributed by atoms with E-state index in [1.807, 2.05) is 0 Å². The Balaban J connectivity index is 1.55. The van der Waals surface area contributed by atoms with E-state index in [0.29, 0.717) is 17.1 Å². The predicted octanol–water partition coefficient (Wildman–Crippen LogP) is 6.63. The number of nitrogens with zero attached hydrogens (tertiary/aromatic N) is 3. The van der Waals surface area contributed by atoms with Crippen LogP contribution in [0.15, 0.2) is 103 Å². The zero-order chi connectivity index (χ0) is 26.2. The van der Waals surface area contributed by atoms with E-state index in [9.17, 15) is 18.5 Å². The van der Waals surface area contributed by atoms with E-state index in [1.165, 1.54) is 30.6 Å². The molecule has 37 heavy (non-hydrogen) atoms. The lowest BCUT2D eigenvalue weighted by molar-refractivity contribution is -0.111. The molecule has 0 radical (unpaired) electrons. The Bertz CT molecular complexity index is 1450. The van der Waals surface area contributed by atoms with Crippen LogP contribution in [0.25, 0.3) is 0 Å². The summed E-state index contributed by atoms with van der Waals surface area (Å²) in [4.78, 5) is 27.5. The van der Waals surface area contributed by atoms with Gasteiger partial charge in [0.25, 0.3) is 0 Å². The molecule has 1 aromatic heterocycles. The number of aromatic nitrogens is 1. The average Bonchev–Trinajstić information content (AvgIpc) is 2.90. The number of pyridine rings is 1. The molecular formula is C27H21F2N5O3. The third-order valence-electron chi connectivity index (χ3n) is 5.21. The van der Waals surface area contributed by atoms with Crippen molar-refractivity contribution in [3.05, 3.63) is 120 Å². The molecule has 0 aliphatic rings. The summed E-state index contributed by atoms with van der Waals surface area (Å²) in [7, 11) is 0. The zero-order valence-electron chi connectivity index (χ0n) is 19.4. The first-order valence-corrected chi connectivity index (χ1v) is 11.0. The molecule has 0 bridgehead atoms. The fourth-order valence-electron chi connectivity index (χ4n) is 3.42. The molecular weight excluding hydrogens is 480 g/mol. The molecule has 8 nitrogen and oxygen atoms in total. The maximum atomic E-state index is 14.8. The number of benzene rings is 3. The van der Waals surface area contributed by atoms with E-state index < -0.39 is 11.6 Å². The fourth-order valence-corrected chi connectivity index (χ4v) is 3.42. The normalized spacial score (nSPS) is 10.3. The molecule has 0 spiro atoms. The molecule has 1 heterocycles. The first kappa shape index (κ1) is 25.0. The first-order valence-electron chi connectivity index (χ1n) is 11.0. The highest BCUT2D eigenvalue weighted by Gasteiger charge is 2.18. The Morgan fingerprint density at radius 1 is 1.03 bits per heavy atom. The topological polar surface area (TPSA) is 95.9 Å². The van der Waals surface area contributed by atoms with Gasteiger partial charge in [-0.25, -0.2) is 8.78 Å². The van der Waals surface area contributed by atoms with Crippen LogP contribution in [-0.2, 0) is 11.4 Å². The minimum absolute atomic E-state index is 0.110. The van der Waals surface area contributed by atoms with E-state index in [1.54, 1.807) is 48.5 Å². The van der Waals surface area contributed by atoms with Crippen molar-refractivity contribution in [2.24, 2.45) is 5.29 Å². The van der Waals surface area contributed by atoms with Gasteiger partial charge in [-0.2, -0.15) is 5.01 Å². The number of carbonyl (C=O) groups is 1. The average molecular weight is 501 g/mol. The van der Waals surface area contributed by atoms with Gasteiger partial charge in [0.15, 0.2) is 11.6 Å². The molecule has 4 rings (SSSR count). The second-order valence-electron chi connectivity index (χ2n) is 7.68. The standard InChI is InChI=1S/C27H21F2N5O3/c1-2-27(35)32-20-8-5-7-19(14-20)31-24-12-13-30-16-25(24)34(33-36)21-10-11-26(23(29)15-21)37-17-18-6-3-4-9-22(18)28/h2-16H,1,17H2,(H,30,31)(H,32,35). The molecule has 2 N–H and O–H groups in total. The van der Waals surface area contributed by atoms with E-state index in [2.05, 4.69) is 27.5 Å². The van der Waals surface area contributed by atoms with Crippen molar-refractivity contribution in [3.8, 4) is 5.75 Å². The summed E-state index contributed by atoms with van der Waals surface area (Å²) in [5.41, 5.74) is 2.22. The third-order valence-corrected chi connectivity index (χ3v) is 5.21. The Morgan fingerprint density at radius 3 is 2.59 bits per heavy atom. The highest BCUT2D eigenvalue weighted by molar-refractivity contribution is 5.99. The molecule has 4 aromatic rings. The number of ether oxygens (including phenoxy) is 1. The van der Waals surface area contributed by atoms with Crippen molar-refractivity contribution in [2.45, 2.75) is 6.61 Å². The molecule has 3 aromatic carbocycles. The summed E-state index contributed by atoms with van der Waals surface area (Å²) < 4.78 is 34.1. The number of hydrogen-bond donors (Lipinski definition) is 2. The third kappa shape index (κ3) is 6.12. The van der Waals surface area contributed by atoms with Crippen molar-refractivity contribution in [2.75, 3.05) is 15.6 Å². The lowest BCUT2D eigenvalue weighted by Crippen LogP contribution is -2.11. The number of nitroso groups, excluding NO2 is 1. The van der Waals surface area contributed by atoms with Gasteiger partial charge in [0.2, 0.25) is 5.91 Å². The maximum Gasteiger partial charge on any atom is 0.247 e. The molecule has 0 aliphatic heterocycles. The van der Waals surface area contributed by atoms with Crippen LogP contribution >= 0.6 is 0 Å². The van der Waals surface area contributed by atoms with Gasteiger partial charge in [0, 0.05) is 29.2 Å². The highest BCUT2D eigenvalue weighted by atomic mass is 19.1. The Hall–Kier alpha value is -5.12. The summed E-state index contributed by atoms with van der Waals surface area (Å²) in [6.45, 7) is 3.26. The van der Waals surface area contributed by atoms with Crippen molar-refractivity contribution in [1.29, 1.82) is 0 Å². The van der Waals surface area contributed by atoms with E-state index in [0.717, 1.165) is 17.2 Å². The van der Waals surface area contributed by atoms with Crippen molar-refractivity contribution < 1.29 is 18.3 Å². The minimum Gasteiger partial charge on any atom is -0.486 e. The number of rotatable bonds is 10. The summed E-state index contributed by atoms with van der Waals surface area (Å²) in [5, 5.41) is 9.84. The summed E-state index contributed by atoms with van der Waals surface area (Å²) >= 11 is 0. The maximum absolute atomic E-state index is 14.8. The molecule has 0 saturated heterocycles. The predicted molar refractivity (Wildman–Crippen MR) is 138 cm³/mol. The van der Waals surface area contributed by atoms with Crippen molar-refractivity contribution in [1.82, 2.24) is 4.98 Å². The van der Waals surface area contributed by atoms with Gasteiger partial charge < -0.3 is 15.4 Å². The summed E-state index contributed by atoms with van der Waals surface area (Å²) in [5.74, 6) is -1.69. The largest absolute Gasteiger partial charge is 0.486 e. The van der Waals surface area contributed by atoms with Crippen LogP contribution in [0.1, 0.15) is 5.56 Å². The summed E-state index contributed by atoms with van der Waals surface area (Å²) in [6.07, 6.45) is 4.07. The molecule has 0 fully saturated rings. The Morgan fingerprint density at radius 2 is 1.84 bits per heavy atom. The van der Waals surface area contributed by atoms with Crippen molar-refractivity contribution >= 4 is 34.3 Å². The van der Waals surface area contributed by atoms with Gasteiger partial charge in [-0.05, 0) is 48.5 Å². The second-order valence-corrected chi connectivity index (χ2v) is 7.68. The molecule has 0 aliphatic carbocycles. The number of hydrogen-bond acceptors (Lipinski definition) is 6. The quantitative estimate of drug-likeness (QED) is 0.144. The van der Waals surface area contributed by atoms with E-state index in [-0.39, 0.29) is 35.2 Å². The van der Waals surface area contributed by atoms with Crippen molar-refractivity contribution in [3.63, 3.8) is 0 Å². The molecule has 186 valence electrons. The molecule has 0 saturated carbocycles.